The summed E-state index contributed by atoms with van der Waals surface area (Å²) >= 11 is 0. The molecule has 2 heterocycles. The van der Waals surface area contributed by atoms with E-state index in [0.717, 1.165) is 33.4 Å². The van der Waals surface area contributed by atoms with Crippen LogP contribution < -0.4 is 16.0 Å². The minimum absolute atomic E-state index is 0.0365. The molecule has 2 aromatic carbocycles. The molecule has 1 unspecified atom stereocenters. The summed E-state index contributed by atoms with van der Waals surface area (Å²) < 4.78 is 5.21. The molecule has 0 bridgehead atoms. The van der Waals surface area contributed by atoms with Crippen LogP contribution in [-0.2, 0) is 45.7 Å². The van der Waals surface area contributed by atoms with Crippen LogP contribution in [0.1, 0.15) is 54.2 Å². The summed E-state index contributed by atoms with van der Waals surface area (Å²) in [4.78, 5) is 42.3. The first kappa shape index (κ1) is 28.3. The second-order valence-electron chi connectivity index (χ2n) is 11.7. The molecular weight excluding hydrogens is 522 g/mol. The van der Waals surface area contributed by atoms with Crippen molar-refractivity contribution in [2.75, 3.05) is 17.2 Å². The van der Waals surface area contributed by atoms with Gasteiger partial charge in [0.15, 0.2) is 0 Å². The van der Waals surface area contributed by atoms with Gasteiger partial charge >= 0.3 is 6.09 Å². The molecule has 1 spiro atoms. The van der Waals surface area contributed by atoms with Gasteiger partial charge in [-0.15, -0.1) is 0 Å². The number of carbonyl (C=O) groups is 3. The van der Waals surface area contributed by atoms with Gasteiger partial charge in [0.1, 0.15) is 11.4 Å². The van der Waals surface area contributed by atoms with E-state index < -0.39 is 17.1 Å². The van der Waals surface area contributed by atoms with Gasteiger partial charge in [0, 0.05) is 24.0 Å². The molecule has 0 saturated heterocycles. The van der Waals surface area contributed by atoms with E-state index in [0.29, 0.717) is 36.0 Å². The molecule has 1 aromatic heterocycles. The summed E-state index contributed by atoms with van der Waals surface area (Å²) in [6, 6.07) is 15.2. The van der Waals surface area contributed by atoms with Gasteiger partial charge in [-0.25, -0.2) is 9.78 Å². The van der Waals surface area contributed by atoms with Crippen LogP contribution in [0.25, 0.3) is 0 Å². The summed E-state index contributed by atoms with van der Waals surface area (Å²) in [5, 5.41) is 19.8. The Bertz CT molecular complexity index is 1510. The lowest BCUT2D eigenvalue weighted by atomic mass is 9.79. The van der Waals surface area contributed by atoms with Crippen molar-refractivity contribution < 1.29 is 24.3 Å². The van der Waals surface area contributed by atoms with E-state index in [-0.39, 0.29) is 24.9 Å². The van der Waals surface area contributed by atoms with E-state index in [1.165, 1.54) is 0 Å². The summed E-state index contributed by atoms with van der Waals surface area (Å²) in [7, 11) is 0. The van der Waals surface area contributed by atoms with Crippen molar-refractivity contribution in [1.82, 2.24) is 15.4 Å². The molecule has 10 nitrogen and oxygen atoms in total. The topological polar surface area (TPSA) is 133 Å². The van der Waals surface area contributed by atoms with E-state index in [4.69, 9.17) is 4.74 Å². The number of pyridine rings is 1. The molecule has 0 fully saturated rings. The summed E-state index contributed by atoms with van der Waals surface area (Å²) in [6.07, 6.45) is 2.00. The smallest absolute Gasteiger partial charge is 0.434 e. The third-order valence-corrected chi connectivity index (χ3v) is 7.44. The summed E-state index contributed by atoms with van der Waals surface area (Å²) in [5.41, 5.74) is 4.88. The van der Waals surface area contributed by atoms with Crippen molar-refractivity contribution in [3.63, 3.8) is 0 Å². The summed E-state index contributed by atoms with van der Waals surface area (Å²) in [6.45, 7) is 7.51. The van der Waals surface area contributed by atoms with E-state index in [1.807, 2.05) is 49.4 Å². The molecule has 3 amide bonds. The highest BCUT2D eigenvalue weighted by Gasteiger charge is 2.51. The van der Waals surface area contributed by atoms with Crippen molar-refractivity contribution in [2.45, 2.75) is 64.6 Å². The average molecular weight is 558 g/mol. The lowest BCUT2D eigenvalue weighted by Crippen LogP contribution is -2.35. The van der Waals surface area contributed by atoms with Gasteiger partial charge in [0.25, 0.3) is 0 Å². The second-order valence-corrected chi connectivity index (χ2v) is 11.7. The number of nitrogens with one attached hydrogen (secondary N) is 3. The predicted molar refractivity (Wildman–Crippen MR) is 153 cm³/mol. The Morgan fingerprint density at radius 1 is 1.10 bits per heavy atom. The fourth-order valence-electron chi connectivity index (χ4n) is 5.51. The number of rotatable bonds is 7. The third kappa shape index (κ3) is 5.94. The van der Waals surface area contributed by atoms with Gasteiger partial charge in [0.05, 0.1) is 18.5 Å². The van der Waals surface area contributed by atoms with Gasteiger partial charge in [-0.2, -0.15) is 5.06 Å². The lowest BCUT2D eigenvalue weighted by molar-refractivity contribution is -0.120. The van der Waals surface area contributed by atoms with E-state index in [9.17, 15) is 19.6 Å². The molecule has 0 saturated carbocycles. The minimum Gasteiger partial charge on any atom is -0.442 e. The zero-order valence-electron chi connectivity index (χ0n) is 23.7. The molecule has 3 aromatic rings. The monoisotopic (exact) mass is 557 g/mol. The molecule has 2 aliphatic rings. The van der Waals surface area contributed by atoms with Gasteiger partial charge in [-0.3, -0.25) is 14.8 Å². The highest BCUT2D eigenvalue weighted by molar-refractivity contribution is 6.06. The number of ether oxygens (including phenoxy) is 1. The average Bonchev–Trinajstić information content (AvgIpc) is 3.40. The van der Waals surface area contributed by atoms with Crippen molar-refractivity contribution >= 4 is 29.4 Å². The van der Waals surface area contributed by atoms with Crippen molar-refractivity contribution in [3.8, 4) is 0 Å². The second kappa shape index (κ2) is 10.9. The number of aryl methyl sites for hydroxylation is 1. The van der Waals surface area contributed by atoms with Crippen LogP contribution in [0.4, 0.5) is 16.3 Å². The number of carbonyl (C=O) groups excluding carboxylic acids is 3. The maximum absolute atomic E-state index is 13.0. The maximum atomic E-state index is 13.0. The molecular formula is C31H35N5O5. The zero-order chi connectivity index (χ0) is 29.4. The molecule has 1 atom stereocenters. The molecule has 1 aliphatic carbocycles. The molecule has 0 radical (unpaired) electrons. The zero-order valence-corrected chi connectivity index (χ0v) is 23.7. The number of hydrogen-bond acceptors (Lipinski definition) is 7. The first-order valence-corrected chi connectivity index (χ1v) is 13.6. The number of hydrogen-bond donors (Lipinski definition) is 4. The van der Waals surface area contributed by atoms with Crippen LogP contribution in [0.2, 0.25) is 0 Å². The van der Waals surface area contributed by atoms with Crippen LogP contribution in [0, 0.1) is 6.92 Å². The maximum Gasteiger partial charge on any atom is 0.434 e. The molecule has 214 valence electrons. The van der Waals surface area contributed by atoms with Crippen molar-refractivity contribution in [1.29, 1.82) is 0 Å². The van der Waals surface area contributed by atoms with E-state index >= 15 is 0 Å². The van der Waals surface area contributed by atoms with Crippen LogP contribution in [0.5, 0.6) is 0 Å². The lowest BCUT2D eigenvalue weighted by Gasteiger charge is -2.24. The van der Waals surface area contributed by atoms with Gasteiger partial charge < -0.3 is 20.7 Å². The largest absolute Gasteiger partial charge is 0.442 e. The van der Waals surface area contributed by atoms with E-state index in [2.05, 4.69) is 27.0 Å². The van der Waals surface area contributed by atoms with Crippen LogP contribution in [-0.4, -0.2) is 45.3 Å². The number of anilines is 2. The van der Waals surface area contributed by atoms with Crippen LogP contribution in [0.15, 0.2) is 54.7 Å². The number of amides is 3. The Hall–Kier alpha value is -4.28. The number of nitrogens with zero attached hydrogens (tertiary/aromatic N) is 2. The van der Waals surface area contributed by atoms with E-state index in [1.54, 1.807) is 27.0 Å². The van der Waals surface area contributed by atoms with Crippen LogP contribution >= 0.6 is 0 Å². The first-order valence-electron chi connectivity index (χ1n) is 13.6. The van der Waals surface area contributed by atoms with Gasteiger partial charge in [-0.05, 0) is 80.5 Å². The highest BCUT2D eigenvalue weighted by atomic mass is 16.6. The Morgan fingerprint density at radius 3 is 2.54 bits per heavy atom. The van der Waals surface area contributed by atoms with Crippen LogP contribution in [0.3, 0.4) is 0 Å². The molecule has 1 aliphatic heterocycles. The SMILES string of the molecule is Cc1cc2c(cc1NC(=O)CNCc1ccccc1CN(O)C(=O)OC(C)(C)C)CC1(C2)C(=O)Nc2ncccc21. The quantitative estimate of drug-likeness (QED) is 0.252. The number of hydroxylamine groups is 2. The Morgan fingerprint density at radius 2 is 1.80 bits per heavy atom. The normalized spacial score (nSPS) is 17.1. The van der Waals surface area contributed by atoms with Gasteiger partial charge in [-0.1, -0.05) is 36.4 Å². The third-order valence-electron chi connectivity index (χ3n) is 7.44. The Labute approximate surface area is 239 Å². The van der Waals surface area contributed by atoms with Crippen molar-refractivity contribution in [2.24, 2.45) is 0 Å². The predicted octanol–water partition coefficient (Wildman–Crippen LogP) is 4.23. The Kier molecular flexibility index (Phi) is 7.54. The first-order chi connectivity index (χ1) is 19.4. The molecule has 5 rings (SSSR count). The standard InChI is InChI=1S/C31H35N5O5/c1-19-12-22-14-31(24-10-7-11-33-27(24)35-28(31)38)15-23(22)13-25(19)34-26(37)17-32-16-20-8-5-6-9-21(20)18-36(40)29(39)41-30(2,3)4/h5-13,32,40H,14-18H2,1-4H3,(H,34,37)(H,33,35,38). The molecule has 10 heteroatoms. The fourth-order valence-corrected chi connectivity index (χ4v) is 5.51. The molecule has 41 heavy (non-hydrogen) atoms. The number of fused-ring (bicyclic) bond motifs is 3. The van der Waals surface area contributed by atoms with Gasteiger partial charge in [0.2, 0.25) is 11.8 Å². The fraction of sp³-hybridized carbons (Fsp3) is 0.355. The number of benzene rings is 2. The molecule has 4 N–H and O–H groups in total. The minimum atomic E-state index is -0.829. The summed E-state index contributed by atoms with van der Waals surface area (Å²) in [5.74, 6) is 0.384. The number of aromatic nitrogens is 1. The Balaban J connectivity index is 1.19. The highest BCUT2D eigenvalue weighted by Crippen LogP contribution is 2.47. The van der Waals surface area contributed by atoms with Crippen molar-refractivity contribution in [3.05, 3.63) is 88.1 Å².